The quantitative estimate of drug-likeness (QED) is 0.834. The summed E-state index contributed by atoms with van der Waals surface area (Å²) in [6, 6.07) is 4.03. The lowest BCUT2D eigenvalue weighted by Gasteiger charge is -2.48. The second-order valence-corrected chi connectivity index (χ2v) is 6.45. The molecule has 0 spiro atoms. The fourth-order valence-corrected chi connectivity index (χ4v) is 3.43. The molecule has 0 aromatic heterocycles. The van der Waals surface area contributed by atoms with Crippen molar-refractivity contribution < 1.29 is 0 Å². The van der Waals surface area contributed by atoms with E-state index in [2.05, 4.69) is 42.0 Å². The summed E-state index contributed by atoms with van der Waals surface area (Å²) < 4.78 is 0. The van der Waals surface area contributed by atoms with Gasteiger partial charge in [-0.2, -0.15) is 5.26 Å². The third kappa shape index (κ3) is 3.92. The highest BCUT2D eigenvalue weighted by molar-refractivity contribution is 4.97. The Kier molecular flexibility index (Phi) is 5.20. The van der Waals surface area contributed by atoms with Crippen molar-refractivity contribution in [3.05, 3.63) is 0 Å². The highest BCUT2D eigenvalue weighted by atomic mass is 15.3. The summed E-state index contributed by atoms with van der Waals surface area (Å²) in [7, 11) is 0. The molecule has 2 aliphatic rings. The molecule has 4 heteroatoms. The fraction of sp³-hybridized carbons (Fsp3) is 0.933. The maximum atomic E-state index is 9.27. The molecule has 2 saturated heterocycles. The number of piperidine rings is 1. The fourth-order valence-electron chi connectivity index (χ4n) is 3.43. The zero-order valence-electron chi connectivity index (χ0n) is 12.6. The zero-order valence-corrected chi connectivity index (χ0v) is 12.6. The van der Waals surface area contributed by atoms with Crippen LogP contribution in [0, 0.1) is 11.3 Å². The molecule has 2 heterocycles. The third-order valence-electron chi connectivity index (χ3n) is 4.42. The predicted molar refractivity (Wildman–Crippen MR) is 77.9 cm³/mol. The summed E-state index contributed by atoms with van der Waals surface area (Å²) >= 11 is 0. The first-order valence-corrected chi connectivity index (χ1v) is 7.74. The van der Waals surface area contributed by atoms with Crippen molar-refractivity contribution in [2.45, 2.75) is 64.2 Å². The molecule has 19 heavy (non-hydrogen) atoms. The lowest BCUT2D eigenvalue weighted by atomic mass is 9.97. The third-order valence-corrected chi connectivity index (χ3v) is 4.42. The van der Waals surface area contributed by atoms with Crippen LogP contribution in [-0.4, -0.2) is 60.1 Å². The van der Waals surface area contributed by atoms with Gasteiger partial charge >= 0.3 is 0 Å². The average molecular weight is 264 g/mol. The van der Waals surface area contributed by atoms with Gasteiger partial charge in [0.1, 0.15) is 6.04 Å². The van der Waals surface area contributed by atoms with Crippen molar-refractivity contribution in [2.24, 2.45) is 0 Å². The van der Waals surface area contributed by atoms with Crippen LogP contribution < -0.4 is 5.32 Å². The van der Waals surface area contributed by atoms with E-state index < -0.39 is 0 Å². The lowest BCUT2D eigenvalue weighted by molar-refractivity contribution is 0.0130. The Labute approximate surface area is 117 Å². The Bertz CT molecular complexity index is 323. The predicted octanol–water partition coefficient (Wildman–Crippen LogP) is 1.44. The van der Waals surface area contributed by atoms with Gasteiger partial charge in [0.2, 0.25) is 0 Å². The van der Waals surface area contributed by atoms with E-state index in [0.717, 1.165) is 19.1 Å². The van der Waals surface area contributed by atoms with E-state index in [1.807, 2.05) is 0 Å². The van der Waals surface area contributed by atoms with Gasteiger partial charge < -0.3 is 0 Å². The minimum Gasteiger partial charge on any atom is -0.299 e. The highest BCUT2D eigenvalue weighted by Crippen LogP contribution is 2.23. The maximum Gasteiger partial charge on any atom is 0.108 e. The van der Waals surface area contributed by atoms with Gasteiger partial charge in [-0.25, -0.2) is 0 Å². The number of piperazine rings is 1. The minimum absolute atomic E-state index is 0.0439. The number of nitrogens with one attached hydrogen (secondary N) is 1. The molecule has 108 valence electrons. The summed E-state index contributed by atoms with van der Waals surface area (Å²) in [6.45, 7) is 11.0. The van der Waals surface area contributed by atoms with E-state index in [1.165, 1.54) is 32.4 Å². The molecular weight excluding hydrogens is 236 g/mol. The summed E-state index contributed by atoms with van der Waals surface area (Å²) in [5, 5.41) is 12.6. The van der Waals surface area contributed by atoms with Crippen molar-refractivity contribution in [3.63, 3.8) is 0 Å². The molecule has 0 aromatic carbocycles. The molecule has 0 bridgehead atoms. The molecule has 2 fully saturated rings. The van der Waals surface area contributed by atoms with Crippen molar-refractivity contribution in [2.75, 3.05) is 26.2 Å². The largest absolute Gasteiger partial charge is 0.299 e. The van der Waals surface area contributed by atoms with Crippen LogP contribution in [0.3, 0.4) is 0 Å². The molecule has 0 radical (unpaired) electrons. The number of nitrogens with zero attached hydrogens (tertiary/aromatic N) is 3. The smallest absolute Gasteiger partial charge is 0.108 e. The van der Waals surface area contributed by atoms with E-state index in [1.54, 1.807) is 0 Å². The van der Waals surface area contributed by atoms with E-state index >= 15 is 0 Å². The van der Waals surface area contributed by atoms with Gasteiger partial charge in [-0.1, -0.05) is 6.42 Å². The number of hydrogen-bond acceptors (Lipinski definition) is 4. The molecular formula is C15H28N4. The van der Waals surface area contributed by atoms with Gasteiger partial charge in [0.15, 0.2) is 0 Å². The SMILES string of the molecule is CC(C)NC(C#N)CN1CC2CCCCN2CC1C. The van der Waals surface area contributed by atoms with Gasteiger partial charge in [0.25, 0.3) is 0 Å². The van der Waals surface area contributed by atoms with Crippen LogP contribution in [0.15, 0.2) is 0 Å². The average Bonchev–Trinajstić information content (AvgIpc) is 2.38. The summed E-state index contributed by atoms with van der Waals surface area (Å²) in [6.07, 6.45) is 4.06. The monoisotopic (exact) mass is 264 g/mol. The van der Waals surface area contributed by atoms with Crippen molar-refractivity contribution >= 4 is 0 Å². The van der Waals surface area contributed by atoms with Crippen LogP contribution in [0.1, 0.15) is 40.0 Å². The summed E-state index contributed by atoms with van der Waals surface area (Å²) in [4.78, 5) is 5.16. The van der Waals surface area contributed by atoms with E-state index in [0.29, 0.717) is 12.1 Å². The number of nitriles is 1. The van der Waals surface area contributed by atoms with Crippen LogP contribution in [0.5, 0.6) is 0 Å². The van der Waals surface area contributed by atoms with E-state index in [-0.39, 0.29) is 6.04 Å². The van der Waals surface area contributed by atoms with Crippen LogP contribution in [-0.2, 0) is 0 Å². The second kappa shape index (κ2) is 6.69. The Hall–Kier alpha value is -0.630. The Morgan fingerprint density at radius 3 is 2.79 bits per heavy atom. The topological polar surface area (TPSA) is 42.3 Å². The highest BCUT2D eigenvalue weighted by Gasteiger charge is 2.33. The van der Waals surface area contributed by atoms with Gasteiger partial charge in [-0.3, -0.25) is 15.1 Å². The summed E-state index contributed by atoms with van der Waals surface area (Å²) in [5.41, 5.74) is 0. The van der Waals surface area contributed by atoms with Gasteiger partial charge in [0.05, 0.1) is 6.07 Å². The Balaban J connectivity index is 1.90. The van der Waals surface area contributed by atoms with Crippen LogP contribution >= 0.6 is 0 Å². The molecule has 3 atom stereocenters. The van der Waals surface area contributed by atoms with Gasteiger partial charge in [-0.15, -0.1) is 0 Å². The minimum atomic E-state index is -0.0439. The van der Waals surface area contributed by atoms with Gasteiger partial charge in [-0.05, 0) is 40.2 Å². The molecule has 0 saturated carbocycles. The normalized spacial score (nSPS) is 30.9. The first-order chi connectivity index (χ1) is 9.10. The van der Waals surface area contributed by atoms with Crippen LogP contribution in [0.4, 0.5) is 0 Å². The zero-order chi connectivity index (χ0) is 13.8. The molecule has 4 nitrogen and oxygen atoms in total. The van der Waals surface area contributed by atoms with Crippen LogP contribution in [0.2, 0.25) is 0 Å². The number of hydrogen-bond donors (Lipinski definition) is 1. The number of rotatable bonds is 4. The molecule has 2 aliphatic heterocycles. The summed E-state index contributed by atoms with van der Waals surface area (Å²) in [5.74, 6) is 0. The van der Waals surface area contributed by atoms with Crippen molar-refractivity contribution in [1.29, 1.82) is 5.26 Å². The van der Waals surface area contributed by atoms with Crippen molar-refractivity contribution in [1.82, 2.24) is 15.1 Å². The molecule has 0 aliphatic carbocycles. The van der Waals surface area contributed by atoms with Gasteiger partial charge in [0, 0.05) is 37.8 Å². The molecule has 0 aromatic rings. The molecule has 0 amide bonds. The van der Waals surface area contributed by atoms with E-state index in [9.17, 15) is 5.26 Å². The second-order valence-electron chi connectivity index (χ2n) is 6.45. The maximum absolute atomic E-state index is 9.27. The number of fused-ring (bicyclic) bond motifs is 1. The molecule has 3 unspecified atom stereocenters. The van der Waals surface area contributed by atoms with Crippen LogP contribution in [0.25, 0.3) is 0 Å². The first-order valence-electron chi connectivity index (χ1n) is 7.74. The van der Waals surface area contributed by atoms with E-state index in [4.69, 9.17) is 0 Å². The molecule has 1 N–H and O–H groups in total. The standard InChI is InChI=1S/C15H28N4/c1-12(2)17-14(8-16)10-19-11-15-6-4-5-7-18(15)9-13(19)3/h12-15,17H,4-7,9-11H2,1-3H3. The first kappa shape index (κ1) is 14.8. The van der Waals surface area contributed by atoms with Crippen molar-refractivity contribution in [3.8, 4) is 6.07 Å². The Morgan fingerprint density at radius 1 is 1.32 bits per heavy atom. The Morgan fingerprint density at radius 2 is 2.11 bits per heavy atom. The molecule has 2 rings (SSSR count). The lowest BCUT2D eigenvalue weighted by Crippen LogP contribution is -2.60.